The predicted octanol–water partition coefficient (Wildman–Crippen LogP) is 3.91. The molecule has 0 spiro atoms. The van der Waals surface area contributed by atoms with Crippen LogP contribution in [0.3, 0.4) is 0 Å². The van der Waals surface area contributed by atoms with Crippen LogP contribution in [0.15, 0.2) is 35.4 Å². The lowest BCUT2D eigenvalue weighted by Gasteiger charge is -2.11. The second kappa shape index (κ2) is 9.18. The van der Waals surface area contributed by atoms with E-state index in [0.717, 1.165) is 17.8 Å². The molecule has 1 amide bonds. The summed E-state index contributed by atoms with van der Waals surface area (Å²) >= 11 is 5.79. The van der Waals surface area contributed by atoms with Crippen LogP contribution in [0.5, 0.6) is 11.5 Å². The standard InChI is InChI=1S/C19H20ClN3O5/c1-11(2)13-4-5-17(12(3)6-13)28-10-18(24)22-21-9-14-7-15(20)8-16(19(14)25)23(26)27/h4-9,11,25H,10H2,1-3H3,(H,22,24)/b21-9+. The molecule has 2 rings (SSSR count). The van der Waals surface area contributed by atoms with Crippen LogP contribution >= 0.6 is 11.6 Å². The summed E-state index contributed by atoms with van der Waals surface area (Å²) in [6.07, 6.45) is 1.06. The van der Waals surface area contributed by atoms with Gasteiger partial charge < -0.3 is 9.84 Å². The number of nitrogens with one attached hydrogen (secondary N) is 1. The third-order valence-electron chi connectivity index (χ3n) is 3.90. The Bertz CT molecular complexity index is 928. The molecule has 148 valence electrons. The Hall–Kier alpha value is -3.13. The van der Waals surface area contributed by atoms with Gasteiger partial charge in [0.15, 0.2) is 6.61 Å². The van der Waals surface area contributed by atoms with Crippen molar-refractivity contribution >= 4 is 29.4 Å². The Morgan fingerprint density at radius 1 is 1.39 bits per heavy atom. The summed E-state index contributed by atoms with van der Waals surface area (Å²) in [6, 6.07) is 8.07. The Labute approximate surface area is 166 Å². The van der Waals surface area contributed by atoms with Crippen LogP contribution in [0.25, 0.3) is 0 Å². The van der Waals surface area contributed by atoms with E-state index >= 15 is 0 Å². The number of nitro benzene ring substituents is 1. The predicted molar refractivity (Wildman–Crippen MR) is 106 cm³/mol. The minimum absolute atomic E-state index is 0.000497. The first-order valence-electron chi connectivity index (χ1n) is 8.41. The van der Waals surface area contributed by atoms with Crippen molar-refractivity contribution in [3.63, 3.8) is 0 Å². The number of hydrogen-bond donors (Lipinski definition) is 2. The van der Waals surface area contributed by atoms with Gasteiger partial charge in [0.2, 0.25) is 5.75 Å². The lowest BCUT2D eigenvalue weighted by atomic mass is 10.0. The summed E-state index contributed by atoms with van der Waals surface area (Å²) in [4.78, 5) is 22.0. The number of carbonyl (C=O) groups excluding carboxylic acids is 1. The monoisotopic (exact) mass is 405 g/mol. The van der Waals surface area contributed by atoms with Gasteiger partial charge in [-0.05, 0) is 36.1 Å². The molecule has 2 aromatic rings. The van der Waals surface area contributed by atoms with Crippen molar-refractivity contribution in [1.82, 2.24) is 5.43 Å². The molecule has 0 aliphatic carbocycles. The van der Waals surface area contributed by atoms with E-state index in [0.29, 0.717) is 11.7 Å². The average molecular weight is 406 g/mol. The van der Waals surface area contributed by atoms with E-state index < -0.39 is 22.3 Å². The second-order valence-corrected chi connectivity index (χ2v) is 6.82. The Balaban J connectivity index is 1.97. The number of benzene rings is 2. The zero-order valence-corrected chi connectivity index (χ0v) is 16.4. The zero-order valence-electron chi connectivity index (χ0n) is 15.6. The lowest BCUT2D eigenvalue weighted by molar-refractivity contribution is -0.385. The number of phenolic OH excluding ortho intramolecular Hbond substituents is 1. The highest BCUT2D eigenvalue weighted by molar-refractivity contribution is 6.31. The summed E-state index contributed by atoms with van der Waals surface area (Å²) < 4.78 is 5.48. The number of aromatic hydroxyl groups is 1. The first-order chi connectivity index (χ1) is 13.2. The van der Waals surface area contributed by atoms with E-state index in [-0.39, 0.29) is 17.2 Å². The van der Waals surface area contributed by atoms with E-state index in [1.54, 1.807) is 0 Å². The molecule has 2 aromatic carbocycles. The summed E-state index contributed by atoms with van der Waals surface area (Å²) in [5, 5.41) is 24.5. The van der Waals surface area contributed by atoms with Gasteiger partial charge in [0, 0.05) is 16.7 Å². The number of carbonyl (C=O) groups is 1. The van der Waals surface area contributed by atoms with Crippen LogP contribution in [-0.2, 0) is 4.79 Å². The molecule has 0 atom stereocenters. The lowest BCUT2D eigenvalue weighted by Crippen LogP contribution is -2.24. The molecule has 0 saturated carbocycles. The number of aryl methyl sites for hydroxylation is 1. The maximum atomic E-state index is 11.9. The molecule has 0 radical (unpaired) electrons. The van der Waals surface area contributed by atoms with E-state index in [4.69, 9.17) is 16.3 Å². The van der Waals surface area contributed by atoms with Gasteiger partial charge in [-0.2, -0.15) is 5.10 Å². The van der Waals surface area contributed by atoms with E-state index in [2.05, 4.69) is 24.4 Å². The second-order valence-electron chi connectivity index (χ2n) is 6.38. The van der Waals surface area contributed by atoms with Crippen LogP contribution in [0.4, 0.5) is 5.69 Å². The van der Waals surface area contributed by atoms with Crippen molar-refractivity contribution in [2.45, 2.75) is 26.7 Å². The van der Waals surface area contributed by atoms with Crippen molar-refractivity contribution < 1.29 is 19.6 Å². The van der Waals surface area contributed by atoms with Crippen LogP contribution in [0.1, 0.15) is 36.5 Å². The van der Waals surface area contributed by atoms with Crippen molar-refractivity contribution in [3.05, 3.63) is 62.2 Å². The van der Waals surface area contributed by atoms with E-state index in [1.165, 1.54) is 11.6 Å². The highest BCUT2D eigenvalue weighted by atomic mass is 35.5. The summed E-state index contributed by atoms with van der Waals surface area (Å²) in [5.41, 5.74) is 3.77. The topological polar surface area (TPSA) is 114 Å². The number of amides is 1. The summed E-state index contributed by atoms with van der Waals surface area (Å²) in [7, 11) is 0. The Morgan fingerprint density at radius 2 is 2.11 bits per heavy atom. The fourth-order valence-corrected chi connectivity index (χ4v) is 2.61. The van der Waals surface area contributed by atoms with Gasteiger partial charge in [-0.25, -0.2) is 5.43 Å². The molecule has 0 aliphatic rings. The molecular formula is C19H20ClN3O5. The average Bonchev–Trinajstić information content (AvgIpc) is 2.62. The van der Waals surface area contributed by atoms with Gasteiger partial charge in [-0.3, -0.25) is 14.9 Å². The minimum Gasteiger partial charge on any atom is -0.502 e. The smallest absolute Gasteiger partial charge is 0.312 e. The number of halogens is 1. The summed E-state index contributed by atoms with van der Waals surface area (Å²) in [6.45, 7) is 5.81. The SMILES string of the molecule is Cc1cc(C(C)C)ccc1OCC(=O)N/N=C/c1cc(Cl)cc([N+](=O)[O-])c1O. The number of nitro groups is 1. The highest BCUT2D eigenvalue weighted by Gasteiger charge is 2.17. The number of ether oxygens (including phenoxy) is 1. The number of hydrazone groups is 1. The Morgan fingerprint density at radius 3 is 2.71 bits per heavy atom. The molecule has 0 aliphatic heterocycles. The minimum atomic E-state index is -0.766. The molecule has 9 heteroatoms. The van der Waals surface area contributed by atoms with Gasteiger partial charge in [0.1, 0.15) is 5.75 Å². The zero-order chi connectivity index (χ0) is 20.8. The molecule has 0 fully saturated rings. The molecule has 0 bridgehead atoms. The van der Waals surface area contributed by atoms with Gasteiger partial charge >= 0.3 is 5.69 Å². The van der Waals surface area contributed by atoms with Crippen molar-refractivity contribution in [3.8, 4) is 11.5 Å². The number of phenols is 1. The third kappa shape index (κ3) is 5.43. The fraction of sp³-hybridized carbons (Fsp3) is 0.263. The maximum Gasteiger partial charge on any atom is 0.312 e. The first-order valence-corrected chi connectivity index (χ1v) is 8.79. The maximum absolute atomic E-state index is 11.9. The van der Waals surface area contributed by atoms with Crippen LogP contribution < -0.4 is 10.2 Å². The Kier molecular flexibility index (Phi) is 6.94. The van der Waals surface area contributed by atoms with Gasteiger partial charge in [0.25, 0.3) is 5.91 Å². The first kappa shape index (κ1) is 21.2. The number of nitrogens with zero attached hydrogens (tertiary/aromatic N) is 2. The molecule has 0 saturated heterocycles. The highest BCUT2D eigenvalue weighted by Crippen LogP contribution is 2.32. The van der Waals surface area contributed by atoms with Gasteiger partial charge in [-0.1, -0.05) is 37.6 Å². The van der Waals surface area contributed by atoms with E-state index in [9.17, 15) is 20.0 Å². The number of hydrogen-bond acceptors (Lipinski definition) is 6. The molecule has 2 N–H and O–H groups in total. The fourth-order valence-electron chi connectivity index (χ4n) is 2.39. The largest absolute Gasteiger partial charge is 0.502 e. The quantitative estimate of drug-likeness (QED) is 0.411. The molecule has 0 aromatic heterocycles. The van der Waals surface area contributed by atoms with E-state index in [1.807, 2.05) is 25.1 Å². The third-order valence-corrected chi connectivity index (χ3v) is 4.12. The summed E-state index contributed by atoms with van der Waals surface area (Å²) in [5.74, 6) is -0.139. The van der Waals surface area contributed by atoms with Gasteiger partial charge in [-0.15, -0.1) is 0 Å². The van der Waals surface area contributed by atoms with Crippen molar-refractivity contribution in [1.29, 1.82) is 0 Å². The van der Waals surface area contributed by atoms with Crippen LogP contribution in [0, 0.1) is 17.0 Å². The normalized spacial score (nSPS) is 11.0. The molecule has 28 heavy (non-hydrogen) atoms. The van der Waals surface area contributed by atoms with Gasteiger partial charge in [0.05, 0.1) is 11.1 Å². The van der Waals surface area contributed by atoms with Crippen LogP contribution in [-0.4, -0.2) is 28.8 Å². The molecule has 8 nitrogen and oxygen atoms in total. The van der Waals surface area contributed by atoms with Crippen LogP contribution in [0.2, 0.25) is 5.02 Å². The number of rotatable bonds is 7. The van der Waals surface area contributed by atoms with Crippen molar-refractivity contribution in [2.24, 2.45) is 5.10 Å². The van der Waals surface area contributed by atoms with Crippen molar-refractivity contribution in [2.75, 3.05) is 6.61 Å². The molecular weight excluding hydrogens is 386 g/mol. The molecule has 0 unspecified atom stereocenters. The molecule has 0 heterocycles.